The maximum atomic E-state index is 12.1. The topological polar surface area (TPSA) is 104 Å². The Bertz CT molecular complexity index is 604. The largest absolute Gasteiger partial charge is 0.478 e. The fourth-order valence-corrected chi connectivity index (χ4v) is 1.94. The number of aliphatic carboxylic acids is 2. The lowest BCUT2D eigenvalue weighted by molar-refractivity contribution is -0.134. The molecule has 1 aromatic carbocycles. The number of carbonyl (C=O) groups is 3. The lowest BCUT2D eigenvalue weighted by atomic mass is 10.0. The summed E-state index contributed by atoms with van der Waals surface area (Å²) in [4.78, 5) is 31.2. The van der Waals surface area contributed by atoms with Crippen LogP contribution in [0.15, 0.2) is 36.4 Å². The van der Waals surface area contributed by atoms with Crippen LogP contribution in [0.2, 0.25) is 5.02 Å². The van der Waals surface area contributed by atoms with Crippen molar-refractivity contribution in [3.05, 3.63) is 47.0 Å². The molecule has 0 spiro atoms. The van der Waals surface area contributed by atoms with Crippen LogP contribution in [0.5, 0.6) is 0 Å². The van der Waals surface area contributed by atoms with Gasteiger partial charge in [0.05, 0.1) is 6.04 Å². The number of benzene rings is 1. The van der Waals surface area contributed by atoms with Crippen molar-refractivity contribution >= 4 is 29.3 Å². The number of hydrogen-bond acceptors (Lipinski definition) is 4. The molecule has 1 rings (SSSR count). The predicted octanol–water partition coefficient (Wildman–Crippen LogP) is 3.01. The molecular weight excluding hydrogens is 334 g/mol. The molecule has 0 amide bonds. The summed E-state index contributed by atoms with van der Waals surface area (Å²) >= 11 is 5.85. The third-order valence-electron chi connectivity index (χ3n) is 2.52. The molecule has 6 nitrogen and oxygen atoms in total. The van der Waals surface area contributed by atoms with Crippen molar-refractivity contribution in [2.75, 3.05) is 0 Å². The highest BCUT2D eigenvalue weighted by Gasteiger charge is 2.20. The summed E-state index contributed by atoms with van der Waals surface area (Å²) in [5, 5.41) is 19.5. The molecule has 0 aliphatic heterocycles. The first-order chi connectivity index (χ1) is 10.9. The van der Waals surface area contributed by atoms with Crippen molar-refractivity contribution < 1.29 is 24.6 Å². The summed E-state index contributed by atoms with van der Waals surface area (Å²) in [6.45, 7) is 7.98. The molecule has 0 aliphatic rings. The highest BCUT2D eigenvalue weighted by atomic mass is 35.5. The van der Waals surface area contributed by atoms with E-state index in [4.69, 9.17) is 21.8 Å². The van der Waals surface area contributed by atoms with Crippen molar-refractivity contribution in [2.45, 2.75) is 39.3 Å². The van der Waals surface area contributed by atoms with E-state index in [-0.39, 0.29) is 17.4 Å². The zero-order valence-corrected chi connectivity index (χ0v) is 14.8. The smallest absolute Gasteiger partial charge is 0.328 e. The molecule has 0 fully saturated rings. The molecule has 24 heavy (non-hydrogen) atoms. The Hall–Kier alpha value is -2.18. The van der Waals surface area contributed by atoms with Crippen LogP contribution in [0.3, 0.4) is 0 Å². The lowest BCUT2D eigenvalue weighted by Gasteiger charge is -2.25. The molecular formula is C17H22ClNO5. The summed E-state index contributed by atoms with van der Waals surface area (Å²) in [5.41, 5.74) is 0.574. The SMILES string of the molecule is CC(NC(C)(C)C)C(=O)c1cccc(Cl)c1.O=C(O)C=CC(=O)O. The molecule has 132 valence electrons. The van der Waals surface area contributed by atoms with Gasteiger partial charge in [0.2, 0.25) is 0 Å². The molecule has 0 aromatic heterocycles. The van der Waals surface area contributed by atoms with E-state index >= 15 is 0 Å². The number of carbonyl (C=O) groups excluding carboxylic acids is 1. The quantitative estimate of drug-likeness (QED) is 0.554. The summed E-state index contributed by atoms with van der Waals surface area (Å²) in [7, 11) is 0. The average Bonchev–Trinajstić information content (AvgIpc) is 2.43. The Morgan fingerprint density at radius 3 is 2.00 bits per heavy atom. The second kappa shape index (κ2) is 9.85. The third kappa shape index (κ3) is 10.5. The van der Waals surface area contributed by atoms with Crippen LogP contribution in [0.4, 0.5) is 0 Å². The van der Waals surface area contributed by atoms with E-state index in [0.29, 0.717) is 22.7 Å². The van der Waals surface area contributed by atoms with Gasteiger partial charge in [-0.25, -0.2) is 9.59 Å². The van der Waals surface area contributed by atoms with Crippen LogP contribution in [0, 0.1) is 0 Å². The maximum Gasteiger partial charge on any atom is 0.328 e. The maximum absolute atomic E-state index is 12.1. The zero-order chi connectivity index (χ0) is 18.9. The Morgan fingerprint density at radius 2 is 1.62 bits per heavy atom. The van der Waals surface area contributed by atoms with Crippen molar-refractivity contribution in [2.24, 2.45) is 0 Å². The predicted molar refractivity (Wildman–Crippen MR) is 92.5 cm³/mol. The van der Waals surface area contributed by atoms with Crippen molar-refractivity contribution in [1.29, 1.82) is 0 Å². The van der Waals surface area contributed by atoms with Gasteiger partial charge in [-0.1, -0.05) is 23.7 Å². The second-order valence-corrected chi connectivity index (χ2v) is 6.44. The number of rotatable bonds is 5. The van der Waals surface area contributed by atoms with Gasteiger partial charge in [0.1, 0.15) is 0 Å². The first-order valence-electron chi connectivity index (χ1n) is 7.14. The molecule has 0 bridgehead atoms. The van der Waals surface area contributed by atoms with Gasteiger partial charge in [0.25, 0.3) is 0 Å². The zero-order valence-electron chi connectivity index (χ0n) is 14.0. The second-order valence-electron chi connectivity index (χ2n) is 6.00. The van der Waals surface area contributed by atoms with E-state index in [1.165, 1.54) is 0 Å². The highest BCUT2D eigenvalue weighted by Crippen LogP contribution is 2.13. The number of carboxylic acid groups (broad SMARTS) is 2. The molecule has 0 saturated heterocycles. The van der Waals surface area contributed by atoms with E-state index in [1.807, 2.05) is 27.7 Å². The summed E-state index contributed by atoms with van der Waals surface area (Å²) in [5.74, 6) is -2.45. The van der Waals surface area contributed by atoms with Gasteiger partial charge in [0.15, 0.2) is 5.78 Å². The molecule has 7 heteroatoms. The van der Waals surface area contributed by atoms with E-state index in [9.17, 15) is 14.4 Å². The van der Waals surface area contributed by atoms with E-state index in [2.05, 4.69) is 5.32 Å². The van der Waals surface area contributed by atoms with Crippen molar-refractivity contribution in [3.63, 3.8) is 0 Å². The number of Topliss-reactive ketones (excluding diaryl/α,β-unsaturated/α-hetero) is 1. The van der Waals surface area contributed by atoms with E-state index in [1.54, 1.807) is 24.3 Å². The van der Waals surface area contributed by atoms with Gasteiger partial charge in [-0.3, -0.25) is 4.79 Å². The summed E-state index contributed by atoms with van der Waals surface area (Å²) in [6, 6.07) is 6.83. The van der Waals surface area contributed by atoms with Crippen LogP contribution >= 0.6 is 11.6 Å². The van der Waals surface area contributed by atoms with Crippen LogP contribution in [-0.4, -0.2) is 39.5 Å². The van der Waals surface area contributed by atoms with Crippen LogP contribution in [0.1, 0.15) is 38.1 Å². The Balaban J connectivity index is 0.000000561. The Morgan fingerprint density at radius 1 is 1.12 bits per heavy atom. The van der Waals surface area contributed by atoms with E-state index in [0.717, 1.165) is 0 Å². The standard InChI is InChI=1S/C13H18ClNO.C4H4O4/c1-9(15-13(2,3)4)12(16)10-6-5-7-11(14)8-10;5-3(6)1-2-4(7)8/h5-9,15H,1-4H3;1-2H,(H,5,6)(H,7,8). The number of carboxylic acids is 2. The lowest BCUT2D eigenvalue weighted by Crippen LogP contribution is -2.46. The van der Waals surface area contributed by atoms with Gasteiger partial charge >= 0.3 is 11.9 Å². The van der Waals surface area contributed by atoms with Gasteiger partial charge in [-0.05, 0) is 39.8 Å². The number of nitrogens with one attached hydrogen (secondary N) is 1. The number of hydrogen-bond donors (Lipinski definition) is 3. The molecule has 0 radical (unpaired) electrons. The summed E-state index contributed by atoms with van der Waals surface area (Å²) in [6.07, 6.45) is 1.12. The Kier molecular flexibility index (Phi) is 8.95. The first kappa shape index (κ1) is 21.8. The molecule has 3 N–H and O–H groups in total. The normalized spacial score (nSPS) is 12.2. The Labute approximate surface area is 146 Å². The van der Waals surface area contributed by atoms with E-state index < -0.39 is 11.9 Å². The monoisotopic (exact) mass is 355 g/mol. The molecule has 1 atom stereocenters. The number of ketones is 1. The van der Waals surface area contributed by atoms with Gasteiger partial charge in [-0.2, -0.15) is 0 Å². The first-order valence-corrected chi connectivity index (χ1v) is 7.51. The average molecular weight is 356 g/mol. The van der Waals surface area contributed by atoms with Crippen LogP contribution in [0.25, 0.3) is 0 Å². The fraction of sp³-hybridized carbons (Fsp3) is 0.353. The minimum absolute atomic E-state index is 0.0671. The minimum Gasteiger partial charge on any atom is -0.478 e. The molecule has 0 aliphatic carbocycles. The van der Waals surface area contributed by atoms with Crippen molar-refractivity contribution in [3.8, 4) is 0 Å². The molecule has 0 saturated carbocycles. The number of halogens is 1. The highest BCUT2D eigenvalue weighted by molar-refractivity contribution is 6.31. The van der Waals surface area contributed by atoms with Crippen molar-refractivity contribution in [1.82, 2.24) is 5.32 Å². The fourth-order valence-electron chi connectivity index (χ4n) is 1.75. The van der Waals surface area contributed by atoms with Crippen LogP contribution in [-0.2, 0) is 9.59 Å². The summed E-state index contributed by atoms with van der Waals surface area (Å²) < 4.78 is 0. The van der Waals surface area contributed by atoms with Crippen LogP contribution < -0.4 is 5.32 Å². The molecule has 1 aromatic rings. The van der Waals surface area contributed by atoms with Gasteiger partial charge < -0.3 is 15.5 Å². The minimum atomic E-state index is -1.26. The molecule has 1 unspecified atom stereocenters. The molecule has 0 heterocycles. The van der Waals surface area contributed by atoms with Gasteiger partial charge in [-0.15, -0.1) is 0 Å². The third-order valence-corrected chi connectivity index (χ3v) is 2.76. The van der Waals surface area contributed by atoms with Gasteiger partial charge in [0, 0.05) is 28.3 Å².